The van der Waals surface area contributed by atoms with Crippen molar-refractivity contribution in [2.24, 2.45) is 4.40 Å². The lowest BCUT2D eigenvalue weighted by Gasteiger charge is -2.25. The molecule has 136 valence electrons. The van der Waals surface area contributed by atoms with Gasteiger partial charge in [0.15, 0.2) is 0 Å². The molecule has 0 saturated carbocycles. The number of nitrogens with zero attached hydrogens (tertiary/aromatic N) is 2. The molecule has 1 unspecified atom stereocenters. The van der Waals surface area contributed by atoms with E-state index in [9.17, 15) is 13.2 Å². The summed E-state index contributed by atoms with van der Waals surface area (Å²) in [5.41, 5.74) is 1.82. The average molecular weight is 371 g/mol. The number of rotatable bonds is 5. The summed E-state index contributed by atoms with van der Waals surface area (Å²) in [7, 11) is -3.78. The van der Waals surface area contributed by atoms with Gasteiger partial charge in [0, 0.05) is 12.1 Å². The summed E-state index contributed by atoms with van der Waals surface area (Å²) in [5.74, 6) is -0.323. The van der Waals surface area contributed by atoms with Crippen LogP contribution in [0, 0.1) is 0 Å². The van der Waals surface area contributed by atoms with Gasteiger partial charge in [-0.25, -0.2) is 0 Å². The molecule has 1 aliphatic heterocycles. The Labute approximate surface area is 153 Å². The minimum atomic E-state index is -3.78. The molecule has 0 spiro atoms. The second kappa shape index (κ2) is 7.29. The highest BCUT2D eigenvalue weighted by Crippen LogP contribution is 2.30. The molecule has 3 rings (SSSR count). The Hall–Kier alpha value is -2.67. The Morgan fingerprint density at radius 1 is 1.19 bits per heavy atom. The molecule has 1 N–H and O–H groups in total. The van der Waals surface area contributed by atoms with Gasteiger partial charge in [0.1, 0.15) is 11.2 Å². The van der Waals surface area contributed by atoms with E-state index >= 15 is 0 Å². The normalized spacial score (nSPS) is 16.0. The number of sulfonamides is 1. The second-order valence-electron chi connectivity index (χ2n) is 6.18. The van der Waals surface area contributed by atoms with E-state index in [4.69, 9.17) is 0 Å². The zero-order chi connectivity index (χ0) is 18.7. The van der Waals surface area contributed by atoms with Crippen molar-refractivity contribution in [1.82, 2.24) is 5.32 Å². The van der Waals surface area contributed by atoms with Gasteiger partial charge in [-0.2, -0.15) is 8.42 Å². The maximum Gasteiger partial charge on any atom is 0.285 e. The third-order valence-electron chi connectivity index (χ3n) is 4.25. The molecule has 6 nitrogen and oxygen atoms in total. The van der Waals surface area contributed by atoms with Gasteiger partial charge in [-0.1, -0.05) is 37.3 Å². The molecule has 1 heterocycles. The molecule has 1 aliphatic rings. The molecular weight excluding hydrogens is 350 g/mol. The lowest BCUT2D eigenvalue weighted by Crippen LogP contribution is -2.29. The highest BCUT2D eigenvalue weighted by atomic mass is 32.2. The van der Waals surface area contributed by atoms with Gasteiger partial charge >= 0.3 is 0 Å². The molecule has 0 radical (unpaired) electrons. The lowest BCUT2D eigenvalue weighted by molar-refractivity contribution is 0.0939. The first-order valence-electron chi connectivity index (χ1n) is 8.49. The van der Waals surface area contributed by atoms with Crippen LogP contribution in [0.25, 0.3) is 0 Å². The van der Waals surface area contributed by atoms with Crippen LogP contribution < -0.4 is 10.2 Å². The third kappa shape index (κ3) is 3.62. The van der Waals surface area contributed by atoms with Crippen molar-refractivity contribution < 1.29 is 13.2 Å². The number of fused-ring (bicyclic) bond motifs is 1. The largest absolute Gasteiger partial charge is 0.346 e. The summed E-state index contributed by atoms with van der Waals surface area (Å²) in [4.78, 5) is 14.4. The quantitative estimate of drug-likeness (QED) is 0.876. The number of carbonyl (C=O) groups is 1. The first-order chi connectivity index (χ1) is 12.4. The van der Waals surface area contributed by atoms with Crippen LogP contribution in [0.2, 0.25) is 0 Å². The zero-order valence-corrected chi connectivity index (χ0v) is 15.5. The van der Waals surface area contributed by atoms with E-state index in [1.807, 2.05) is 44.2 Å². The number of benzene rings is 2. The van der Waals surface area contributed by atoms with Crippen molar-refractivity contribution in [2.75, 3.05) is 11.4 Å². The first kappa shape index (κ1) is 18.1. The Morgan fingerprint density at radius 2 is 1.92 bits per heavy atom. The van der Waals surface area contributed by atoms with Crippen LogP contribution in [0.4, 0.5) is 5.69 Å². The van der Waals surface area contributed by atoms with Gasteiger partial charge in [-0.05, 0) is 37.1 Å². The predicted octanol–water partition coefficient (Wildman–Crippen LogP) is 3.12. The van der Waals surface area contributed by atoms with E-state index in [1.54, 1.807) is 17.0 Å². The van der Waals surface area contributed by atoms with Crippen LogP contribution >= 0.6 is 0 Å². The van der Waals surface area contributed by atoms with Crippen LogP contribution in [-0.4, -0.2) is 27.2 Å². The molecule has 1 atom stereocenters. The number of nitrogens with one attached hydrogen (secondary N) is 1. The maximum atomic E-state index is 12.6. The molecule has 26 heavy (non-hydrogen) atoms. The fraction of sp³-hybridized carbons (Fsp3) is 0.263. The summed E-state index contributed by atoms with van der Waals surface area (Å²) in [6, 6.07) is 14.1. The van der Waals surface area contributed by atoms with E-state index in [2.05, 4.69) is 9.71 Å². The zero-order valence-electron chi connectivity index (χ0n) is 14.7. The van der Waals surface area contributed by atoms with Crippen molar-refractivity contribution in [3.63, 3.8) is 0 Å². The van der Waals surface area contributed by atoms with Gasteiger partial charge in [0.2, 0.25) is 0 Å². The number of hydrogen-bond acceptors (Lipinski definition) is 4. The van der Waals surface area contributed by atoms with E-state index in [-0.39, 0.29) is 16.8 Å². The predicted molar refractivity (Wildman–Crippen MR) is 102 cm³/mol. The first-order valence-corrected chi connectivity index (χ1v) is 9.93. The van der Waals surface area contributed by atoms with Crippen molar-refractivity contribution in [3.8, 4) is 0 Å². The van der Waals surface area contributed by atoms with Crippen molar-refractivity contribution in [1.29, 1.82) is 0 Å². The van der Waals surface area contributed by atoms with Crippen molar-refractivity contribution in [2.45, 2.75) is 31.2 Å². The van der Waals surface area contributed by atoms with Crippen molar-refractivity contribution >= 4 is 28.0 Å². The molecule has 0 aromatic heterocycles. The van der Waals surface area contributed by atoms with Crippen LogP contribution in [0.15, 0.2) is 57.8 Å². The van der Waals surface area contributed by atoms with E-state index < -0.39 is 10.0 Å². The smallest absolute Gasteiger partial charge is 0.285 e. The number of amides is 1. The molecule has 2 aromatic rings. The summed E-state index contributed by atoms with van der Waals surface area (Å²) < 4.78 is 28.2. The molecule has 0 fully saturated rings. The Bertz CT molecular complexity index is 940. The number of anilines is 1. The fourth-order valence-corrected chi connectivity index (χ4v) is 3.94. The summed E-state index contributed by atoms with van der Waals surface area (Å²) >= 11 is 0. The Morgan fingerprint density at radius 3 is 2.62 bits per heavy atom. The monoisotopic (exact) mass is 371 g/mol. The van der Waals surface area contributed by atoms with E-state index in [1.165, 1.54) is 12.4 Å². The minimum Gasteiger partial charge on any atom is -0.346 e. The molecule has 0 bridgehead atoms. The maximum absolute atomic E-state index is 12.6. The van der Waals surface area contributed by atoms with Gasteiger partial charge in [0.05, 0.1) is 11.7 Å². The number of hydrogen-bond donors (Lipinski definition) is 1. The molecule has 1 amide bonds. The number of carbonyl (C=O) groups excluding carboxylic acids is 1. The average Bonchev–Trinajstić information content (AvgIpc) is 2.64. The van der Waals surface area contributed by atoms with Crippen LogP contribution in [0.3, 0.4) is 0 Å². The summed E-state index contributed by atoms with van der Waals surface area (Å²) in [6.45, 7) is 4.54. The van der Waals surface area contributed by atoms with Crippen molar-refractivity contribution in [3.05, 3.63) is 59.7 Å². The lowest BCUT2D eigenvalue weighted by atomic mass is 10.1. The van der Waals surface area contributed by atoms with E-state index in [0.29, 0.717) is 17.8 Å². The standard InChI is InChI=1S/C19H21N3O3S/c1-3-11-22-13-20-26(24,25)18-12-16(9-10-17(18)22)19(23)21-14(2)15-7-5-4-6-8-15/h4-10,12-14H,3,11H2,1-2H3,(H,21,23). The third-order valence-corrected chi connectivity index (χ3v) is 5.50. The Balaban J connectivity index is 1.87. The van der Waals surface area contributed by atoms with Crippen LogP contribution in [0.1, 0.15) is 42.2 Å². The van der Waals surface area contributed by atoms with Gasteiger partial charge in [0.25, 0.3) is 15.9 Å². The fourth-order valence-electron chi connectivity index (χ4n) is 2.86. The molecule has 0 saturated heterocycles. The summed E-state index contributed by atoms with van der Waals surface area (Å²) in [6.07, 6.45) is 2.18. The van der Waals surface area contributed by atoms with Crippen LogP contribution in [0.5, 0.6) is 0 Å². The summed E-state index contributed by atoms with van der Waals surface area (Å²) in [5, 5.41) is 2.90. The topological polar surface area (TPSA) is 78.8 Å². The van der Waals surface area contributed by atoms with Crippen LogP contribution in [-0.2, 0) is 10.0 Å². The highest BCUT2D eigenvalue weighted by molar-refractivity contribution is 7.90. The minimum absolute atomic E-state index is 0.0634. The van der Waals surface area contributed by atoms with E-state index in [0.717, 1.165) is 12.0 Å². The molecule has 2 aromatic carbocycles. The SMILES string of the molecule is CCCN1C=NS(=O)(=O)c2cc(C(=O)NC(C)c3ccccc3)ccc21. The molecule has 7 heteroatoms. The molecule has 0 aliphatic carbocycles. The molecular formula is C19H21N3O3S. The Kier molecular flexibility index (Phi) is 5.08. The van der Waals surface area contributed by atoms with Gasteiger partial charge in [-0.3, -0.25) is 4.79 Å². The van der Waals surface area contributed by atoms with Gasteiger partial charge in [-0.15, -0.1) is 4.40 Å². The second-order valence-corrected chi connectivity index (χ2v) is 7.78. The highest BCUT2D eigenvalue weighted by Gasteiger charge is 2.26. The van der Waals surface area contributed by atoms with Gasteiger partial charge < -0.3 is 10.2 Å².